The van der Waals surface area contributed by atoms with E-state index in [0.717, 1.165) is 41.8 Å². The zero-order valence-corrected chi connectivity index (χ0v) is 28.2. The second-order valence-corrected chi connectivity index (χ2v) is 12.5. The molecule has 1 heterocycles. The van der Waals surface area contributed by atoms with Gasteiger partial charge in [0.05, 0.1) is 11.6 Å². The zero-order valence-electron chi connectivity index (χ0n) is 28.2. The van der Waals surface area contributed by atoms with Gasteiger partial charge in [0.15, 0.2) is 11.6 Å². The summed E-state index contributed by atoms with van der Waals surface area (Å²) in [6, 6.07) is 43.7. The highest BCUT2D eigenvalue weighted by Gasteiger charge is 2.15. The molecule has 0 bridgehead atoms. The summed E-state index contributed by atoms with van der Waals surface area (Å²) in [5, 5.41) is 11.9. The lowest BCUT2D eigenvalue weighted by Gasteiger charge is -2.13. The first-order valence-electron chi connectivity index (χ1n) is 17.3. The molecule has 0 saturated heterocycles. The Kier molecular flexibility index (Phi) is 9.95. The molecule has 5 aromatic carbocycles. The van der Waals surface area contributed by atoms with E-state index >= 15 is 0 Å². The highest BCUT2D eigenvalue weighted by molar-refractivity contribution is 6.02. The summed E-state index contributed by atoms with van der Waals surface area (Å²) in [6.45, 7) is 2.16. The lowest BCUT2D eigenvalue weighted by Crippen LogP contribution is -2.02. The molecule has 0 saturated carbocycles. The average molecular weight is 647 g/mol. The molecule has 1 aliphatic carbocycles. The minimum atomic E-state index is 0.275. The van der Waals surface area contributed by atoms with Gasteiger partial charge < -0.3 is 0 Å². The van der Waals surface area contributed by atoms with Crippen LogP contribution in [0, 0.1) is 11.3 Å². The molecule has 0 aliphatic heterocycles. The number of nitriles is 1. The largest absolute Gasteiger partial charge is 0.213 e. The molecule has 50 heavy (non-hydrogen) atoms. The average Bonchev–Trinajstić information content (AvgIpc) is 3.45. The zero-order chi connectivity index (χ0) is 34.1. The van der Waals surface area contributed by atoms with Gasteiger partial charge in [-0.05, 0) is 70.0 Å². The normalized spacial score (nSPS) is 14.8. The first-order chi connectivity index (χ1) is 24.7. The van der Waals surface area contributed by atoms with Crippen LogP contribution in [0.3, 0.4) is 0 Å². The van der Waals surface area contributed by atoms with E-state index in [0.29, 0.717) is 23.6 Å². The molecule has 6 aromatic rings. The molecular formula is C46H38N4. The summed E-state index contributed by atoms with van der Waals surface area (Å²) >= 11 is 0. The first kappa shape index (κ1) is 32.4. The number of fused-ring (bicyclic) bond motifs is 1. The number of hydrogen-bond acceptors (Lipinski definition) is 4. The van der Waals surface area contributed by atoms with E-state index in [1.807, 2.05) is 78.9 Å². The molecule has 7 rings (SSSR count). The fourth-order valence-electron chi connectivity index (χ4n) is 6.59. The molecular weight excluding hydrogens is 609 g/mol. The number of hydrogen-bond donors (Lipinski definition) is 0. The molecule has 0 spiro atoms. The molecule has 242 valence electrons. The van der Waals surface area contributed by atoms with Crippen LogP contribution >= 0.6 is 0 Å². The third-order valence-corrected chi connectivity index (χ3v) is 9.12. The second-order valence-electron chi connectivity index (χ2n) is 12.5. The van der Waals surface area contributed by atoms with E-state index in [1.54, 1.807) is 0 Å². The van der Waals surface area contributed by atoms with E-state index in [4.69, 9.17) is 15.0 Å². The Labute approximate surface area is 294 Å². The minimum Gasteiger partial charge on any atom is -0.213 e. The van der Waals surface area contributed by atoms with E-state index in [1.165, 1.54) is 33.0 Å². The van der Waals surface area contributed by atoms with E-state index in [-0.39, 0.29) is 5.92 Å². The molecule has 0 N–H and O–H groups in total. The van der Waals surface area contributed by atoms with Crippen molar-refractivity contribution in [2.45, 2.75) is 38.5 Å². The molecule has 1 unspecified atom stereocenters. The highest BCUT2D eigenvalue weighted by Crippen LogP contribution is 2.35. The van der Waals surface area contributed by atoms with Crippen molar-refractivity contribution in [3.8, 4) is 28.8 Å². The van der Waals surface area contributed by atoms with Crippen LogP contribution in [0.2, 0.25) is 0 Å². The number of benzene rings is 5. The van der Waals surface area contributed by atoms with Gasteiger partial charge in [-0.3, -0.25) is 0 Å². The molecule has 4 nitrogen and oxygen atoms in total. The molecule has 1 aliphatic rings. The maximum absolute atomic E-state index is 9.42. The van der Waals surface area contributed by atoms with Crippen LogP contribution in [0.1, 0.15) is 60.2 Å². The van der Waals surface area contributed by atoms with Crippen LogP contribution in [0.4, 0.5) is 0 Å². The standard InChI is InChI=1S/C46H38N4/c1-2-3-15-35(29-30-44-48-45(37-16-6-4-7-17-37)50-46(49-44)38-18-8-5-9-19-38)40-23-12-26-43-41(24-13-25-42(40)43)36-21-11-20-34(27-28-36)39-22-10-14-33(31-39)32-47/h3-10,12-19,21-29,31,34H,2,11,20,30H2,1H3/b15-3-,35-29+. The predicted octanol–water partition coefficient (Wildman–Crippen LogP) is 11.3. The fraction of sp³-hybridized carbons (Fsp3) is 0.130. The van der Waals surface area contributed by atoms with Gasteiger partial charge in [-0.15, -0.1) is 0 Å². The topological polar surface area (TPSA) is 62.5 Å². The highest BCUT2D eigenvalue weighted by atomic mass is 15.0. The van der Waals surface area contributed by atoms with Crippen LogP contribution in [0.5, 0.6) is 0 Å². The van der Waals surface area contributed by atoms with Gasteiger partial charge >= 0.3 is 0 Å². The van der Waals surface area contributed by atoms with Crippen molar-refractivity contribution < 1.29 is 0 Å². The van der Waals surface area contributed by atoms with Crippen molar-refractivity contribution in [1.29, 1.82) is 5.26 Å². The minimum absolute atomic E-state index is 0.275. The monoisotopic (exact) mass is 646 g/mol. The van der Waals surface area contributed by atoms with Gasteiger partial charge in [0.1, 0.15) is 5.82 Å². The maximum Gasteiger partial charge on any atom is 0.163 e. The van der Waals surface area contributed by atoms with Crippen LogP contribution < -0.4 is 0 Å². The summed E-state index contributed by atoms with van der Waals surface area (Å²) in [7, 11) is 0. The van der Waals surface area contributed by atoms with Gasteiger partial charge in [-0.2, -0.15) is 5.26 Å². The molecule has 0 fully saturated rings. The second kappa shape index (κ2) is 15.4. The van der Waals surface area contributed by atoms with Gasteiger partial charge in [0.2, 0.25) is 0 Å². The van der Waals surface area contributed by atoms with Gasteiger partial charge in [0.25, 0.3) is 0 Å². The fourth-order valence-corrected chi connectivity index (χ4v) is 6.59. The summed E-state index contributed by atoms with van der Waals surface area (Å²) < 4.78 is 0. The number of nitrogens with zero attached hydrogens (tertiary/aromatic N) is 4. The molecule has 1 atom stereocenters. The Bertz CT molecular complexity index is 2230. The van der Waals surface area contributed by atoms with Crippen molar-refractivity contribution in [1.82, 2.24) is 15.0 Å². The van der Waals surface area contributed by atoms with Crippen molar-refractivity contribution in [2.24, 2.45) is 0 Å². The molecule has 4 heteroatoms. The lowest BCUT2D eigenvalue weighted by molar-refractivity contribution is 0.756. The van der Waals surface area contributed by atoms with E-state index < -0.39 is 0 Å². The Morgan fingerprint density at radius 3 is 2.20 bits per heavy atom. The SMILES string of the molecule is CC/C=C\C(=C/Cc1nc(-c2ccccc2)nc(-c2ccccc2)n1)c1cccc2c(C3=CCCC(c4cccc(C#N)c4)C=C3)cccc12. The quantitative estimate of drug-likeness (QED) is 0.147. The van der Waals surface area contributed by atoms with Crippen molar-refractivity contribution in [2.75, 3.05) is 0 Å². The number of aromatic nitrogens is 3. The van der Waals surface area contributed by atoms with Crippen LogP contribution in [0.15, 0.2) is 158 Å². The summed E-state index contributed by atoms with van der Waals surface area (Å²) in [5.41, 5.74) is 8.61. The Balaban J connectivity index is 1.25. The molecule has 0 radical (unpaired) electrons. The number of allylic oxidation sites excluding steroid dienone is 8. The summed E-state index contributed by atoms with van der Waals surface area (Å²) in [5.74, 6) is 2.35. The van der Waals surface area contributed by atoms with E-state index in [2.05, 4.69) is 91.9 Å². The van der Waals surface area contributed by atoms with Crippen molar-refractivity contribution in [3.05, 3.63) is 186 Å². The van der Waals surface area contributed by atoms with Crippen LogP contribution in [0.25, 0.3) is 44.7 Å². The summed E-state index contributed by atoms with van der Waals surface area (Å²) in [4.78, 5) is 14.7. The Hall–Kier alpha value is -6.18. The third kappa shape index (κ3) is 7.28. The smallest absolute Gasteiger partial charge is 0.163 e. The van der Waals surface area contributed by atoms with Crippen molar-refractivity contribution >= 4 is 21.9 Å². The van der Waals surface area contributed by atoms with Gasteiger partial charge in [-0.25, -0.2) is 15.0 Å². The Morgan fingerprint density at radius 2 is 1.48 bits per heavy atom. The van der Waals surface area contributed by atoms with Gasteiger partial charge in [0, 0.05) is 23.5 Å². The first-order valence-corrected chi connectivity index (χ1v) is 17.3. The maximum atomic E-state index is 9.42. The lowest BCUT2D eigenvalue weighted by atomic mass is 9.91. The van der Waals surface area contributed by atoms with Crippen LogP contribution in [-0.2, 0) is 6.42 Å². The molecule has 1 aromatic heterocycles. The Morgan fingerprint density at radius 1 is 0.780 bits per heavy atom. The predicted molar refractivity (Wildman–Crippen MR) is 206 cm³/mol. The summed E-state index contributed by atoms with van der Waals surface area (Å²) in [6.07, 6.45) is 17.1. The third-order valence-electron chi connectivity index (χ3n) is 9.12. The molecule has 0 amide bonds. The number of rotatable bonds is 9. The van der Waals surface area contributed by atoms with Crippen molar-refractivity contribution in [3.63, 3.8) is 0 Å². The van der Waals surface area contributed by atoms with E-state index in [9.17, 15) is 5.26 Å². The van der Waals surface area contributed by atoms with Gasteiger partial charge in [-0.1, -0.05) is 153 Å². The van der Waals surface area contributed by atoms with Crippen LogP contribution in [-0.4, -0.2) is 15.0 Å².